The molecule has 6 heteroatoms. The molecule has 0 saturated carbocycles. The van der Waals surface area contributed by atoms with E-state index in [0.717, 1.165) is 12.1 Å². The van der Waals surface area contributed by atoms with Crippen molar-refractivity contribution in [3.05, 3.63) is 77.9 Å². The van der Waals surface area contributed by atoms with E-state index in [-0.39, 0.29) is 12.5 Å². The van der Waals surface area contributed by atoms with E-state index in [4.69, 9.17) is 4.42 Å². The lowest BCUT2D eigenvalue weighted by Gasteiger charge is -2.19. The Morgan fingerprint density at radius 2 is 2.12 bits per heavy atom. The summed E-state index contributed by atoms with van der Waals surface area (Å²) in [6, 6.07) is 14.8. The van der Waals surface area contributed by atoms with E-state index in [9.17, 15) is 9.90 Å². The quantitative estimate of drug-likeness (QED) is 0.740. The van der Waals surface area contributed by atoms with Crippen molar-refractivity contribution in [2.45, 2.75) is 12.5 Å². The number of pyridine rings is 1. The number of fused-ring (bicyclic) bond motifs is 1. The molecular formula is C20H19N3O3. The topological polar surface area (TPSA) is 78.6 Å². The van der Waals surface area contributed by atoms with Crippen LogP contribution in [0.2, 0.25) is 0 Å². The number of amides is 1. The van der Waals surface area contributed by atoms with E-state index >= 15 is 0 Å². The number of aromatic nitrogens is 1. The summed E-state index contributed by atoms with van der Waals surface area (Å²) < 4.78 is 5.20. The van der Waals surface area contributed by atoms with E-state index in [1.807, 2.05) is 24.3 Å². The Labute approximate surface area is 151 Å². The zero-order valence-corrected chi connectivity index (χ0v) is 14.1. The Hall–Kier alpha value is -3.12. The second kappa shape index (κ2) is 7.01. The largest absolute Gasteiger partial charge is 0.467 e. The molecule has 4 rings (SSSR count). The van der Waals surface area contributed by atoms with Crippen molar-refractivity contribution in [2.75, 3.05) is 23.3 Å². The number of aliphatic hydroxyl groups is 1. The van der Waals surface area contributed by atoms with Gasteiger partial charge in [-0.2, -0.15) is 0 Å². The highest BCUT2D eigenvalue weighted by atomic mass is 16.4. The standard InChI is InChI=1S/C20H19N3O3/c24-17(18-8-4-12-26-18)13-22-19-15(6-3-10-21-19)20(25)23-11-9-14-5-1-2-7-16(14)23/h1-8,10,12,17,24H,9,11,13H2,(H,21,22)/t17-/m1/s1. The van der Waals surface area contributed by atoms with Crippen LogP contribution in [0.5, 0.6) is 0 Å². The zero-order valence-electron chi connectivity index (χ0n) is 14.1. The van der Waals surface area contributed by atoms with Gasteiger partial charge in [0.05, 0.1) is 11.8 Å². The lowest BCUT2D eigenvalue weighted by atomic mass is 10.1. The summed E-state index contributed by atoms with van der Waals surface area (Å²) in [5.74, 6) is 0.820. The highest BCUT2D eigenvalue weighted by Crippen LogP contribution is 2.30. The highest BCUT2D eigenvalue weighted by Gasteiger charge is 2.27. The van der Waals surface area contributed by atoms with Gasteiger partial charge in [-0.05, 0) is 42.3 Å². The average molecular weight is 349 g/mol. The molecule has 1 aliphatic rings. The van der Waals surface area contributed by atoms with Crippen LogP contribution >= 0.6 is 0 Å². The zero-order chi connectivity index (χ0) is 17.9. The molecule has 0 bridgehead atoms. The van der Waals surface area contributed by atoms with Crippen molar-refractivity contribution in [1.82, 2.24) is 4.98 Å². The van der Waals surface area contributed by atoms with Crippen molar-refractivity contribution >= 4 is 17.4 Å². The Bertz CT molecular complexity index is 908. The summed E-state index contributed by atoms with van der Waals surface area (Å²) in [5, 5.41) is 13.2. The predicted octanol–water partition coefficient (Wildman–Crippen LogP) is 3.02. The molecule has 1 aliphatic heterocycles. The van der Waals surface area contributed by atoms with Crippen molar-refractivity contribution in [3.8, 4) is 0 Å². The summed E-state index contributed by atoms with van der Waals surface area (Å²) in [6.07, 6.45) is 3.17. The number of nitrogens with one attached hydrogen (secondary N) is 1. The van der Waals surface area contributed by atoms with Gasteiger partial charge in [-0.25, -0.2) is 4.98 Å². The molecule has 1 aromatic carbocycles. The van der Waals surface area contributed by atoms with Gasteiger partial charge in [0.25, 0.3) is 5.91 Å². The van der Waals surface area contributed by atoms with Crippen LogP contribution in [-0.4, -0.2) is 29.1 Å². The molecule has 6 nitrogen and oxygen atoms in total. The normalized spacial score (nSPS) is 14.1. The minimum absolute atomic E-state index is 0.0990. The maximum Gasteiger partial charge on any atom is 0.262 e. The molecule has 0 aliphatic carbocycles. The smallest absolute Gasteiger partial charge is 0.262 e. The molecule has 0 spiro atoms. The van der Waals surface area contributed by atoms with Crippen molar-refractivity contribution in [1.29, 1.82) is 0 Å². The first kappa shape index (κ1) is 16.4. The predicted molar refractivity (Wildman–Crippen MR) is 98.2 cm³/mol. The van der Waals surface area contributed by atoms with Crippen molar-refractivity contribution in [2.24, 2.45) is 0 Å². The van der Waals surface area contributed by atoms with Crippen molar-refractivity contribution in [3.63, 3.8) is 0 Å². The summed E-state index contributed by atoms with van der Waals surface area (Å²) >= 11 is 0. The molecule has 26 heavy (non-hydrogen) atoms. The second-order valence-electron chi connectivity index (χ2n) is 6.15. The number of carbonyl (C=O) groups is 1. The van der Waals surface area contributed by atoms with Gasteiger partial charge in [-0.3, -0.25) is 4.79 Å². The molecule has 0 radical (unpaired) electrons. The van der Waals surface area contributed by atoms with Gasteiger partial charge < -0.3 is 19.7 Å². The summed E-state index contributed by atoms with van der Waals surface area (Å²) in [5.41, 5.74) is 2.60. The fourth-order valence-corrected chi connectivity index (χ4v) is 3.19. The maximum atomic E-state index is 13.1. The van der Waals surface area contributed by atoms with Crippen LogP contribution in [0, 0.1) is 0 Å². The molecule has 1 atom stereocenters. The number of rotatable bonds is 5. The molecule has 3 aromatic rings. The van der Waals surface area contributed by atoms with Gasteiger partial charge in [-0.15, -0.1) is 0 Å². The number of aliphatic hydroxyl groups excluding tert-OH is 1. The van der Waals surface area contributed by atoms with Gasteiger partial charge in [0, 0.05) is 25.0 Å². The van der Waals surface area contributed by atoms with E-state index in [2.05, 4.69) is 10.3 Å². The van der Waals surface area contributed by atoms with Crippen LogP contribution in [0.15, 0.2) is 65.4 Å². The van der Waals surface area contributed by atoms with Gasteiger partial charge in [0.2, 0.25) is 0 Å². The number of nitrogens with zero attached hydrogens (tertiary/aromatic N) is 2. The number of hydrogen-bond donors (Lipinski definition) is 2. The summed E-state index contributed by atoms with van der Waals surface area (Å²) in [7, 11) is 0. The highest BCUT2D eigenvalue weighted by molar-refractivity contribution is 6.10. The second-order valence-corrected chi connectivity index (χ2v) is 6.15. The monoisotopic (exact) mass is 349 g/mol. The lowest BCUT2D eigenvalue weighted by Crippen LogP contribution is -2.30. The number of furan rings is 1. The van der Waals surface area contributed by atoms with Crippen LogP contribution in [0.25, 0.3) is 0 Å². The first-order chi connectivity index (χ1) is 12.7. The van der Waals surface area contributed by atoms with Gasteiger partial charge in [0.15, 0.2) is 0 Å². The Morgan fingerprint density at radius 1 is 1.23 bits per heavy atom. The first-order valence-corrected chi connectivity index (χ1v) is 8.54. The molecule has 2 N–H and O–H groups in total. The molecule has 1 amide bonds. The van der Waals surface area contributed by atoms with Crippen LogP contribution in [0.1, 0.15) is 27.8 Å². The van der Waals surface area contributed by atoms with E-state index < -0.39 is 6.10 Å². The molecule has 0 unspecified atom stereocenters. The third kappa shape index (κ3) is 3.07. The molecule has 2 aromatic heterocycles. The molecule has 0 saturated heterocycles. The minimum atomic E-state index is -0.817. The van der Waals surface area contributed by atoms with E-state index in [1.165, 1.54) is 11.8 Å². The number of anilines is 2. The third-order valence-electron chi connectivity index (χ3n) is 4.50. The van der Waals surface area contributed by atoms with Crippen LogP contribution in [-0.2, 0) is 6.42 Å². The van der Waals surface area contributed by atoms with E-state index in [0.29, 0.717) is 23.7 Å². The van der Waals surface area contributed by atoms with Gasteiger partial charge in [-0.1, -0.05) is 18.2 Å². The number of hydrogen-bond acceptors (Lipinski definition) is 5. The first-order valence-electron chi connectivity index (χ1n) is 8.54. The Morgan fingerprint density at radius 3 is 2.96 bits per heavy atom. The third-order valence-corrected chi connectivity index (χ3v) is 4.50. The molecule has 132 valence electrons. The minimum Gasteiger partial charge on any atom is -0.467 e. The SMILES string of the molecule is O=C(c1cccnc1NC[C@@H](O)c1ccco1)N1CCc2ccccc21. The molecule has 0 fully saturated rings. The maximum absolute atomic E-state index is 13.1. The Balaban J connectivity index is 1.53. The van der Waals surface area contributed by atoms with E-state index in [1.54, 1.807) is 35.4 Å². The van der Waals surface area contributed by atoms with Gasteiger partial charge >= 0.3 is 0 Å². The average Bonchev–Trinajstić information content (AvgIpc) is 3.35. The van der Waals surface area contributed by atoms with Gasteiger partial charge in [0.1, 0.15) is 17.7 Å². The van der Waals surface area contributed by atoms with Crippen molar-refractivity contribution < 1.29 is 14.3 Å². The Kier molecular flexibility index (Phi) is 4.41. The number of carbonyl (C=O) groups excluding carboxylic acids is 1. The fourth-order valence-electron chi connectivity index (χ4n) is 3.19. The number of benzene rings is 1. The molecule has 3 heterocycles. The van der Waals surface area contributed by atoms with Crippen LogP contribution in [0.3, 0.4) is 0 Å². The number of para-hydroxylation sites is 1. The summed E-state index contributed by atoms with van der Waals surface area (Å²) in [4.78, 5) is 19.1. The van der Waals surface area contributed by atoms with Crippen LogP contribution in [0.4, 0.5) is 11.5 Å². The fraction of sp³-hybridized carbons (Fsp3) is 0.200. The summed E-state index contributed by atoms with van der Waals surface area (Å²) in [6.45, 7) is 0.850. The lowest BCUT2D eigenvalue weighted by molar-refractivity contribution is 0.0989. The van der Waals surface area contributed by atoms with Crippen LogP contribution < -0.4 is 10.2 Å². The molecular weight excluding hydrogens is 330 g/mol.